The minimum atomic E-state index is -0.289. The average Bonchev–Trinajstić information content (AvgIpc) is 3.19. The summed E-state index contributed by atoms with van der Waals surface area (Å²) >= 11 is 0. The number of hydrogen-bond acceptors (Lipinski definition) is 5. The van der Waals surface area contributed by atoms with Gasteiger partial charge in [-0.2, -0.15) is 10.1 Å². The van der Waals surface area contributed by atoms with Crippen molar-refractivity contribution in [1.82, 2.24) is 29.0 Å². The Bertz CT molecular complexity index is 1190. The Morgan fingerprint density at radius 2 is 2.00 bits per heavy atom. The number of rotatable bonds is 3. The highest BCUT2D eigenvalue weighted by Crippen LogP contribution is 2.43. The zero-order valence-electron chi connectivity index (χ0n) is 16.9. The Hall–Kier alpha value is -3.03. The summed E-state index contributed by atoms with van der Waals surface area (Å²) in [5, 5.41) is 4.60. The number of amides is 1. The smallest absolute Gasteiger partial charge is 0.332 e. The standard InChI is InChI=1S/C21H24N6O2/c1-12-8-14(3)25(21(29)23-12)7-6-20(28)26-15-4-5-17(26)16-11-22-19-9-13(2)24-27(19)18(16)10-15/h8-9,11,15,17H,4-7,10H2,1-3H3/t15-,17-/m0/s1. The van der Waals surface area contributed by atoms with Gasteiger partial charge >= 0.3 is 5.69 Å². The van der Waals surface area contributed by atoms with Crippen molar-refractivity contribution >= 4 is 11.6 Å². The molecule has 1 fully saturated rings. The van der Waals surface area contributed by atoms with Crippen LogP contribution >= 0.6 is 0 Å². The summed E-state index contributed by atoms with van der Waals surface area (Å²) in [5.74, 6) is 0.0896. The molecule has 2 aliphatic heterocycles. The van der Waals surface area contributed by atoms with E-state index in [4.69, 9.17) is 0 Å². The molecule has 1 amide bonds. The Morgan fingerprint density at radius 3 is 2.79 bits per heavy atom. The normalized spacial score (nSPS) is 20.3. The maximum atomic E-state index is 13.1. The predicted molar refractivity (Wildman–Crippen MR) is 107 cm³/mol. The van der Waals surface area contributed by atoms with Crippen molar-refractivity contribution in [3.05, 3.63) is 57.2 Å². The molecule has 8 nitrogen and oxygen atoms in total. The SMILES string of the molecule is Cc1cc(C)n(CCC(=O)N2[C@H]3CC[C@H]2c2cnc4cc(C)nn4c2C3)c(=O)n1. The minimum Gasteiger partial charge on any atom is -0.332 e. The van der Waals surface area contributed by atoms with Gasteiger partial charge in [-0.15, -0.1) is 0 Å². The van der Waals surface area contributed by atoms with E-state index in [9.17, 15) is 9.59 Å². The first-order valence-electron chi connectivity index (χ1n) is 10.1. The lowest BCUT2D eigenvalue weighted by Crippen LogP contribution is -2.43. The van der Waals surface area contributed by atoms with Crippen LogP contribution in [0.3, 0.4) is 0 Å². The van der Waals surface area contributed by atoms with E-state index in [2.05, 4.69) is 15.1 Å². The molecule has 0 aliphatic carbocycles. The lowest BCUT2D eigenvalue weighted by Gasteiger charge is -2.36. The van der Waals surface area contributed by atoms with E-state index in [1.807, 2.05) is 41.6 Å². The zero-order valence-corrected chi connectivity index (χ0v) is 16.9. The highest BCUT2D eigenvalue weighted by Gasteiger charge is 2.43. The summed E-state index contributed by atoms with van der Waals surface area (Å²) in [5.41, 5.74) is 5.34. The lowest BCUT2D eigenvalue weighted by molar-refractivity contribution is -0.135. The van der Waals surface area contributed by atoms with E-state index in [0.29, 0.717) is 18.7 Å². The molecule has 0 radical (unpaired) electrons. The van der Waals surface area contributed by atoms with Gasteiger partial charge in [0, 0.05) is 54.6 Å². The van der Waals surface area contributed by atoms with E-state index in [0.717, 1.165) is 41.9 Å². The van der Waals surface area contributed by atoms with Crippen LogP contribution in [0.1, 0.15) is 53.6 Å². The van der Waals surface area contributed by atoms with Crippen LogP contribution in [0, 0.1) is 20.8 Å². The quantitative estimate of drug-likeness (QED) is 0.680. The summed E-state index contributed by atoms with van der Waals surface area (Å²) < 4.78 is 3.53. The van der Waals surface area contributed by atoms with E-state index >= 15 is 0 Å². The molecule has 0 N–H and O–H groups in total. The number of carbonyl (C=O) groups excluding carboxylic acids is 1. The third kappa shape index (κ3) is 2.85. The van der Waals surface area contributed by atoms with E-state index < -0.39 is 0 Å². The Morgan fingerprint density at radius 1 is 1.17 bits per heavy atom. The monoisotopic (exact) mass is 392 g/mol. The van der Waals surface area contributed by atoms with Gasteiger partial charge in [0.25, 0.3) is 0 Å². The van der Waals surface area contributed by atoms with Crippen molar-refractivity contribution in [1.29, 1.82) is 0 Å². The largest absolute Gasteiger partial charge is 0.347 e. The van der Waals surface area contributed by atoms with Gasteiger partial charge in [0.2, 0.25) is 5.91 Å². The van der Waals surface area contributed by atoms with Gasteiger partial charge in [-0.3, -0.25) is 9.36 Å². The molecule has 0 aromatic carbocycles. The molecule has 3 aromatic rings. The van der Waals surface area contributed by atoms with Crippen LogP contribution in [0.5, 0.6) is 0 Å². The molecule has 2 atom stereocenters. The van der Waals surface area contributed by atoms with Crippen molar-refractivity contribution < 1.29 is 4.79 Å². The molecule has 0 saturated carbocycles. The summed E-state index contributed by atoms with van der Waals surface area (Å²) in [7, 11) is 0. The maximum Gasteiger partial charge on any atom is 0.347 e. The van der Waals surface area contributed by atoms with Crippen molar-refractivity contribution in [3.63, 3.8) is 0 Å². The van der Waals surface area contributed by atoms with Gasteiger partial charge < -0.3 is 4.90 Å². The first-order valence-corrected chi connectivity index (χ1v) is 10.1. The lowest BCUT2D eigenvalue weighted by atomic mass is 9.98. The third-order valence-corrected chi connectivity index (χ3v) is 6.21. The van der Waals surface area contributed by atoms with Gasteiger partial charge in [0.05, 0.1) is 17.4 Å². The molecule has 29 heavy (non-hydrogen) atoms. The fourth-order valence-corrected chi connectivity index (χ4v) is 4.96. The summed E-state index contributed by atoms with van der Waals surface area (Å²) in [6, 6.07) is 4.08. The van der Waals surface area contributed by atoms with E-state index in [1.165, 1.54) is 5.69 Å². The van der Waals surface area contributed by atoms with Crippen molar-refractivity contribution in [3.8, 4) is 0 Å². The van der Waals surface area contributed by atoms with Crippen LogP contribution in [-0.4, -0.2) is 41.0 Å². The summed E-state index contributed by atoms with van der Waals surface area (Å²) in [6.45, 7) is 6.01. The van der Waals surface area contributed by atoms with Gasteiger partial charge in [0.15, 0.2) is 5.65 Å². The molecular weight excluding hydrogens is 368 g/mol. The molecule has 5 rings (SSSR count). The fraction of sp³-hybridized carbons (Fsp3) is 0.476. The second-order valence-corrected chi connectivity index (χ2v) is 8.19. The molecule has 1 saturated heterocycles. The van der Waals surface area contributed by atoms with Crippen molar-refractivity contribution in [2.75, 3.05) is 0 Å². The number of aromatic nitrogens is 5. The highest BCUT2D eigenvalue weighted by molar-refractivity contribution is 5.78. The van der Waals surface area contributed by atoms with Gasteiger partial charge in [-0.25, -0.2) is 14.3 Å². The van der Waals surface area contributed by atoms with Crippen LogP contribution in [0.25, 0.3) is 5.65 Å². The first kappa shape index (κ1) is 18.0. The summed E-state index contributed by atoms with van der Waals surface area (Å²) in [6.07, 6.45) is 4.93. The molecule has 150 valence electrons. The summed E-state index contributed by atoms with van der Waals surface area (Å²) in [4.78, 5) is 35.9. The number of hydrogen-bond donors (Lipinski definition) is 0. The number of fused-ring (bicyclic) bond motifs is 6. The van der Waals surface area contributed by atoms with Crippen LogP contribution in [0.4, 0.5) is 0 Å². The molecule has 0 unspecified atom stereocenters. The Kier molecular flexibility index (Phi) is 4.04. The second kappa shape index (κ2) is 6.50. The van der Waals surface area contributed by atoms with Crippen molar-refractivity contribution in [2.24, 2.45) is 0 Å². The average molecular weight is 392 g/mol. The molecule has 3 aromatic heterocycles. The molecule has 8 heteroatoms. The van der Waals surface area contributed by atoms with Crippen LogP contribution in [-0.2, 0) is 17.8 Å². The topological polar surface area (TPSA) is 85.4 Å². The molecule has 0 spiro atoms. The number of nitrogens with zero attached hydrogens (tertiary/aromatic N) is 6. The highest BCUT2D eigenvalue weighted by atomic mass is 16.2. The van der Waals surface area contributed by atoms with Crippen molar-refractivity contribution in [2.45, 2.75) is 65.1 Å². The minimum absolute atomic E-state index is 0.0478. The van der Waals surface area contributed by atoms with Crippen LogP contribution in [0.2, 0.25) is 0 Å². The van der Waals surface area contributed by atoms with E-state index in [1.54, 1.807) is 11.5 Å². The second-order valence-electron chi connectivity index (χ2n) is 8.19. The number of carbonyl (C=O) groups is 1. The fourth-order valence-electron chi connectivity index (χ4n) is 4.96. The Balaban J connectivity index is 1.41. The van der Waals surface area contributed by atoms with Crippen LogP contribution in [0.15, 0.2) is 23.1 Å². The van der Waals surface area contributed by atoms with Crippen LogP contribution < -0.4 is 5.69 Å². The zero-order chi connectivity index (χ0) is 20.3. The molecule has 5 heterocycles. The van der Waals surface area contributed by atoms with Gasteiger partial charge in [-0.05, 0) is 39.7 Å². The third-order valence-electron chi connectivity index (χ3n) is 6.21. The maximum absolute atomic E-state index is 13.1. The predicted octanol–water partition coefficient (Wildman–Crippen LogP) is 1.89. The van der Waals surface area contributed by atoms with Gasteiger partial charge in [0.1, 0.15) is 0 Å². The Labute approximate surface area is 168 Å². The van der Waals surface area contributed by atoms with Gasteiger partial charge in [-0.1, -0.05) is 0 Å². The van der Waals surface area contributed by atoms with E-state index in [-0.39, 0.29) is 23.7 Å². The molecule has 2 bridgehead atoms. The number of aryl methyl sites for hydroxylation is 3. The molecular formula is C21H24N6O2. The molecule has 2 aliphatic rings. The first-order chi connectivity index (χ1) is 13.9.